The Morgan fingerprint density at radius 1 is 0.926 bits per heavy atom. The monoisotopic (exact) mass is 371 g/mol. The number of carbonyl (C=O) groups is 3. The summed E-state index contributed by atoms with van der Waals surface area (Å²) < 4.78 is 14.8. The largest absolute Gasteiger partial charge is 0.482 e. The molecule has 2 aromatic rings. The Labute approximate surface area is 157 Å². The number of aryl methyl sites for hydroxylation is 1. The molecular formula is C20H21NO6. The Morgan fingerprint density at radius 2 is 1.59 bits per heavy atom. The summed E-state index contributed by atoms with van der Waals surface area (Å²) in [6, 6.07) is 13.5. The summed E-state index contributed by atoms with van der Waals surface area (Å²) in [7, 11) is 1.29. The summed E-state index contributed by atoms with van der Waals surface area (Å²) in [5.41, 5.74) is 2.00. The third-order valence-corrected chi connectivity index (χ3v) is 3.64. The molecule has 0 heterocycles. The molecule has 27 heavy (non-hydrogen) atoms. The first-order chi connectivity index (χ1) is 13.0. The summed E-state index contributed by atoms with van der Waals surface area (Å²) >= 11 is 0. The van der Waals surface area contributed by atoms with Gasteiger partial charge >= 0.3 is 11.9 Å². The van der Waals surface area contributed by atoms with Gasteiger partial charge in [0.05, 0.1) is 12.7 Å². The molecular weight excluding hydrogens is 350 g/mol. The Bertz CT molecular complexity index is 783. The topological polar surface area (TPSA) is 90.9 Å². The maximum atomic E-state index is 11.8. The van der Waals surface area contributed by atoms with Crippen molar-refractivity contribution in [2.75, 3.05) is 25.6 Å². The van der Waals surface area contributed by atoms with E-state index in [4.69, 9.17) is 9.47 Å². The Morgan fingerprint density at radius 3 is 2.19 bits per heavy atom. The van der Waals surface area contributed by atoms with Crippen LogP contribution in [0, 0.1) is 0 Å². The highest BCUT2D eigenvalue weighted by molar-refractivity contribution is 5.94. The zero-order valence-electron chi connectivity index (χ0n) is 15.2. The summed E-state index contributed by atoms with van der Waals surface area (Å²) in [5.74, 6) is -1.06. The van der Waals surface area contributed by atoms with Crippen molar-refractivity contribution in [3.8, 4) is 5.75 Å². The molecule has 1 amide bonds. The molecule has 0 saturated heterocycles. The van der Waals surface area contributed by atoms with Crippen LogP contribution in [-0.2, 0) is 25.5 Å². The van der Waals surface area contributed by atoms with E-state index in [-0.39, 0.29) is 6.61 Å². The van der Waals surface area contributed by atoms with Gasteiger partial charge in [-0.2, -0.15) is 0 Å². The van der Waals surface area contributed by atoms with Gasteiger partial charge in [0.1, 0.15) is 5.75 Å². The SMILES string of the molecule is CCc1ccc(OCC(=O)OCC(=O)Nc2ccc(C(=O)OC)cc2)cc1. The number of amides is 1. The van der Waals surface area contributed by atoms with E-state index in [1.165, 1.54) is 24.8 Å². The average molecular weight is 371 g/mol. The fourth-order valence-corrected chi connectivity index (χ4v) is 2.16. The number of hydrogen-bond acceptors (Lipinski definition) is 6. The lowest BCUT2D eigenvalue weighted by Crippen LogP contribution is -2.23. The molecule has 0 bridgehead atoms. The van der Waals surface area contributed by atoms with Crippen LogP contribution in [-0.4, -0.2) is 38.2 Å². The number of benzene rings is 2. The molecule has 1 N–H and O–H groups in total. The van der Waals surface area contributed by atoms with Crippen LogP contribution in [0.3, 0.4) is 0 Å². The number of rotatable bonds is 8. The van der Waals surface area contributed by atoms with Gasteiger partial charge in [-0.25, -0.2) is 9.59 Å². The van der Waals surface area contributed by atoms with E-state index < -0.39 is 24.5 Å². The highest BCUT2D eigenvalue weighted by atomic mass is 16.6. The number of nitrogens with one attached hydrogen (secondary N) is 1. The maximum absolute atomic E-state index is 11.8. The third-order valence-electron chi connectivity index (χ3n) is 3.64. The zero-order valence-corrected chi connectivity index (χ0v) is 15.2. The number of esters is 2. The molecule has 2 aromatic carbocycles. The molecule has 0 saturated carbocycles. The third kappa shape index (κ3) is 6.47. The van der Waals surface area contributed by atoms with Gasteiger partial charge in [-0.3, -0.25) is 4.79 Å². The smallest absolute Gasteiger partial charge is 0.344 e. The van der Waals surface area contributed by atoms with Crippen molar-refractivity contribution in [1.29, 1.82) is 0 Å². The summed E-state index contributed by atoms with van der Waals surface area (Å²) in [5, 5.41) is 2.56. The van der Waals surface area contributed by atoms with E-state index in [2.05, 4.69) is 10.1 Å². The van der Waals surface area contributed by atoms with Crippen LogP contribution in [0.5, 0.6) is 5.75 Å². The zero-order chi connectivity index (χ0) is 19.6. The van der Waals surface area contributed by atoms with Crippen molar-refractivity contribution in [2.45, 2.75) is 13.3 Å². The van der Waals surface area contributed by atoms with Crippen LogP contribution in [0.15, 0.2) is 48.5 Å². The minimum Gasteiger partial charge on any atom is -0.482 e. The standard InChI is InChI=1S/C20H21NO6/c1-3-14-4-10-17(11-5-14)26-13-19(23)27-12-18(22)21-16-8-6-15(7-9-16)20(24)25-2/h4-11H,3,12-13H2,1-2H3,(H,21,22). The van der Waals surface area contributed by atoms with Gasteiger partial charge in [-0.05, 0) is 48.4 Å². The predicted octanol–water partition coefficient (Wildman–Crippen LogP) is 2.60. The van der Waals surface area contributed by atoms with E-state index in [1.54, 1.807) is 24.3 Å². The van der Waals surface area contributed by atoms with E-state index in [1.807, 2.05) is 19.1 Å². The molecule has 0 aromatic heterocycles. The number of hydrogen-bond donors (Lipinski definition) is 1. The molecule has 7 heteroatoms. The van der Waals surface area contributed by atoms with Gasteiger partial charge in [0.25, 0.3) is 5.91 Å². The van der Waals surface area contributed by atoms with Crippen LogP contribution < -0.4 is 10.1 Å². The maximum Gasteiger partial charge on any atom is 0.344 e. The number of carbonyl (C=O) groups excluding carboxylic acids is 3. The van der Waals surface area contributed by atoms with Crippen molar-refractivity contribution in [3.05, 3.63) is 59.7 Å². The molecule has 2 rings (SSSR count). The molecule has 0 aliphatic heterocycles. The lowest BCUT2D eigenvalue weighted by molar-refractivity contribution is -0.149. The quantitative estimate of drug-likeness (QED) is 0.717. The second kappa shape index (κ2) is 9.96. The van der Waals surface area contributed by atoms with Gasteiger partial charge in [0, 0.05) is 5.69 Å². The lowest BCUT2D eigenvalue weighted by Gasteiger charge is -2.08. The highest BCUT2D eigenvalue weighted by Gasteiger charge is 2.10. The Hall–Kier alpha value is -3.35. The highest BCUT2D eigenvalue weighted by Crippen LogP contribution is 2.13. The lowest BCUT2D eigenvalue weighted by atomic mass is 10.2. The van der Waals surface area contributed by atoms with Gasteiger partial charge in [-0.1, -0.05) is 19.1 Å². The molecule has 0 radical (unpaired) electrons. The van der Waals surface area contributed by atoms with Gasteiger partial charge in [0.15, 0.2) is 13.2 Å². The van der Waals surface area contributed by atoms with Crippen molar-refractivity contribution in [2.24, 2.45) is 0 Å². The van der Waals surface area contributed by atoms with Gasteiger partial charge < -0.3 is 19.5 Å². The fraction of sp³-hybridized carbons (Fsp3) is 0.250. The summed E-state index contributed by atoms with van der Waals surface area (Å²) in [6.45, 7) is 1.33. The van der Waals surface area contributed by atoms with Crippen LogP contribution in [0.1, 0.15) is 22.8 Å². The molecule has 0 unspecified atom stereocenters. The molecule has 0 atom stereocenters. The van der Waals surface area contributed by atoms with Gasteiger partial charge in [-0.15, -0.1) is 0 Å². The number of methoxy groups -OCH3 is 1. The van der Waals surface area contributed by atoms with Crippen LogP contribution >= 0.6 is 0 Å². The van der Waals surface area contributed by atoms with Crippen molar-refractivity contribution in [3.63, 3.8) is 0 Å². The first-order valence-corrected chi connectivity index (χ1v) is 8.37. The minimum atomic E-state index is -0.647. The average Bonchev–Trinajstić information content (AvgIpc) is 2.71. The van der Waals surface area contributed by atoms with E-state index in [9.17, 15) is 14.4 Å². The van der Waals surface area contributed by atoms with Crippen LogP contribution in [0.2, 0.25) is 0 Å². The number of anilines is 1. The Balaban J connectivity index is 1.72. The van der Waals surface area contributed by atoms with Crippen LogP contribution in [0.4, 0.5) is 5.69 Å². The molecule has 0 spiro atoms. The molecule has 0 aliphatic carbocycles. The van der Waals surface area contributed by atoms with Crippen molar-refractivity contribution >= 4 is 23.5 Å². The normalized spacial score (nSPS) is 10.0. The summed E-state index contributed by atoms with van der Waals surface area (Å²) in [4.78, 5) is 34.8. The first-order valence-electron chi connectivity index (χ1n) is 8.37. The van der Waals surface area contributed by atoms with E-state index in [0.717, 1.165) is 6.42 Å². The molecule has 142 valence electrons. The molecule has 0 fully saturated rings. The van der Waals surface area contributed by atoms with Crippen molar-refractivity contribution in [1.82, 2.24) is 0 Å². The van der Waals surface area contributed by atoms with Crippen LogP contribution in [0.25, 0.3) is 0 Å². The van der Waals surface area contributed by atoms with Crippen molar-refractivity contribution < 1.29 is 28.6 Å². The second-order valence-corrected chi connectivity index (χ2v) is 5.56. The fourth-order valence-electron chi connectivity index (χ4n) is 2.16. The van der Waals surface area contributed by atoms with E-state index >= 15 is 0 Å². The number of ether oxygens (including phenoxy) is 3. The Kier molecular flexibility index (Phi) is 7.37. The van der Waals surface area contributed by atoms with E-state index in [0.29, 0.717) is 17.0 Å². The second-order valence-electron chi connectivity index (χ2n) is 5.56. The predicted molar refractivity (Wildman–Crippen MR) is 98.7 cm³/mol. The minimum absolute atomic E-state index is 0.285. The molecule has 0 aliphatic rings. The van der Waals surface area contributed by atoms with Gasteiger partial charge in [0.2, 0.25) is 0 Å². The summed E-state index contributed by atoms with van der Waals surface area (Å²) in [6.07, 6.45) is 0.919. The first kappa shape index (κ1) is 20.0. The molecule has 7 nitrogen and oxygen atoms in total.